The minimum atomic E-state index is -0.682. The summed E-state index contributed by atoms with van der Waals surface area (Å²) >= 11 is 0. The molecule has 0 saturated heterocycles. The van der Waals surface area contributed by atoms with Gasteiger partial charge in [-0.25, -0.2) is 4.39 Å². The van der Waals surface area contributed by atoms with Gasteiger partial charge in [0.1, 0.15) is 11.5 Å². The number of carbonyl (C=O) groups is 1. The van der Waals surface area contributed by atoms with Gasteiger partial charge in [-0.2, -0.15) is 0 Å². The molecule has 0 aliphatic rings. The molecule has 0 atom stereocenters. The maximum Gasteiger partial charge on any atom is 0.295 e. The van der Waals surface area contributed by atoms with Crippen LogP contribution in [-0.2, 0) is 0 Å². The lowest BCUT2D eigenvalue weighted by molar-refractivity contribution is -0.384. The molecule has 2 N–H and O–H groups in total. The third kappa shape index (κ3) is 3.78. The van der Waals surface area contributed by atoms with E-state index in [1.54, 1.807) is 6.07 Å². The largest absolute Gasteiger partial charge is 0.459 e. The quantitative estimate of drug-likeness (QED) is 0.483. The highest BCUT2D eigenvalue weighted by molar-refractivity contribution is 5.91. The topological polar surface area (TPSA) is 97.4 Å². The fourth-order valence-corrected chi connectivity index (χ4v) is 1.67. The number of nitrogens with one attached hydrogen (secondary N) is 2. The van der Waals surface area contributed by atoms with E-state index in [0.29, 0.717) is 0 Å². The molecule has 0 aliphatic carbocycles. The number of furan rings is 1. The number of nitro benzene ring substituents is 1. The third-order valence-corrected chi connectivity index (χ3v) is 2.63. The van der Waals surface area contributed by atoms with Crippen molar-refractivity contribution in [2.24, 2.45) is 0 Å². The van der Waals surface area contributed by atoms with E-state index < -0.39 is 10.7 Å². The van der Waals surface area contributed by atoms with Crippen LogP contribution in [0.4, 0.5) is 15.8 Å². The highest BCUT2D eigenvalue weighted by Crippen LogP contribution is 2.24. The molecule has 110 valence electrons. The number of benzene rings is 1. The van der Waals surface area contributed by atoms with Crippen molar-refractivity contribution in [3.63, 3.8) is 0 Å². The molecule has 7 nitrogen and oxygen atoms in total. The fourth-order valence-electron chi connectivity index (χ4n) is 1.67. The normalized spacial score (nSPS) is 10.1. The molecule has 0 radical (unpaired) electrons. The molecule has 0 fully saturated rings. The van der Waals surface area contributed by atoms with Gasteiger partial charge < -0.3 is 15.1 Å². The number of halogens is 1. The summed E-state index contributed by atoms with van der Waals surface area (Å²) in [4.78, 5) is 21.7. The first-order valence-electron chi connectivity index (χ1n) is 6.07. The average molecular weight is 293 g/mol. The number of nitro groups is 1. The molecular formula is C13H12FN3O4. The summed E-state index contributed by atoms with van der Waals surface area (Å²) in [5.74, 6) is -0.878. The first kappa shape index (κ1) is 14.5. The molecular weight excluding hydrogens is 281 g/mol. The van der Waals surface area contributed by atoms with Gasteiger partial charge in [0.25, 0.3) is 11.6 Å². The summed E-state index contributed by atoms with van der Waals surface area (Å²) < 4.78 is 17.9. The molecule has 0 aliphatic heterocycles. The Morgan fingerprint density at radius 3 is 2.81 bits per heavy atom. The second-order valence-corrected chi connectivity index (χ2v) is 4.08. The molecule has 2 aromatic rings. The molecule has 21 heavy (non-hydrogen) atoms. The zero-order chi connectivity index (χ0) is 15.2. The molecule has 2 rings (SSSR count). The van der Waals surface area contributed by atoms with Crippen LogP contribution in [0.25, 0.3) is 0 Å². The van der Waals surface area contributed by atoms with E-state index in [-0.39, 0.29) is 36.1 Å². The molecule has 0 spiro atoms. The fraction of sp³-hybridized carbons (Fsp3) is 0.154. The van der Waals surface area contributed by atoms with Gasteiger partial charge in [-0.15, -0.1) is 0 Å². The van der Waals surface area contributed by atoms with Crippen LogP contribution in [-0.4, -0.2) is 23.9 Å². The summed E-state index contributed by atoms with van der Waals surface area (Å²) in [6, 6.07) is 6.35. The second-order valence-electron chi connectivity index (χ2n) is 4.08. The summed E-state index contributed by atoms with van der Waals surface area (Å²) in [6.07, 6.45) is 1.38. The van der Waals surface area contributed by atoms with Crippen molar-refractivity contribution < 1.29 is 18.5 Å². The number of anilines is 1. The number of rotatable bonds is 6. The summed E-state index contributed by atoms with van der Waals surface area (Å²) in [5, 5.41) is 16.1. The van der Waals surface area contributed by atoms with Crippen LogP contribution >= 0.6 is 0 Å². The van der Waals surface area contributed by atoms with Gasteiger partial charge in [0.2, 0.25) is 0 Å². The molecule has 0 saturated carbocycles. The Hall–Kier alpha value is -2.90. The van der Waals surface area contributed by atoms with Crippen LogP contribution in [0.2, 0.25) is 0 Å². The highest BCUT2D eigenvalue weighted by Gasteiger charge is 2.14. The van der Waals surface area contributed by atoms with Crippen LogP contribution in [0.3, 0.4) is 0 Å². The van der Waals surface area contributed by atoms with Gasteiger partial charge >= 0.3 is 0 Å². The minimum absolute atomic E-state index is 0.183. The maximum absolute atomic E-state index is 13.0. The smallest absolute Gasteiger partial charge is 0.295 e. The van der Waals surface area contributed by atoms with Crippen molar-refractivity contribution in [2.75, 3.05) is 18.4 Å². The van der Waals surface area contributed by atoms with Gasteiger partial charge in [0, 0.05) is 13.1 Å². The van der Waals surface area contributed by atoms with E-state index in [9.17, 15) is 19.3 Å². The van der Waals surface area contributed by atoms with Crippen LogP contribution in [0.1, 0.15) is 10.6 Å². The minimum Gasteiger partial charge on any atom is -0.459 e. The predicted octanol–water partition coefficient (Wildman–Crippen LogP) is 2.17. The van der Waals surface area contributed by atoms with E-state index in [1.165, 1.54) is 18.4 Å². The van der Waals surface area contributed by atoms with Crippen LogP contribution in [0.15, 0.2) is 41.0 Å². The van der Waals surface area contributed by atoms with Crippen molar-refractivity contribution in [2.45, 2.75) is 0 Å². The van der Waals surface area contributed by atoms with Crippen molar-refractivity contribution in [3.05, 3.63) is 58.3 Å². The number of hydrogen-bond acceptors (Lipinski definition) is 5. The Labute approximate surface area is 118 Å². The second kappa shape index (κ2) is 6.51. The Kier molecular flexibility index (Phi) is 4.50. The lowest BCUT2D eigenvalue weighted by Gasteiger charge is -2.07. The predicted molar refractivity (Wildman–Crippen MR) is 72.6 cm³/mol. The molecule has 8 heteroatoms. The Balaban J connectivity index is 1.86. The lowest BCUT2D eigenvalue weighted by Crippen LogP contribution is -2.28. The first-order valence-corrected chi connectivity index (χ1v) is 6.07. The Morgan fingerprint density at radius 2 is 2.14 bits per heavy atom. The van der Waals surface area contributed by atoms with E-state index in [4.69, 9.17) is 4.42 Å². The first-order chi connectivity index (χ1) is 10.1. The zero-order valence-electron chi connectivity index (χ0n) is 10.8. The van der Waals surface area contributed by atoms with Gasteiger partial charge in [0.15, 0.2) is 5.76 Å². The van der Waals surface area contributed by atoms with E-state index >= 15 is 0 Å². The van der Waals surface area contributed by atoms with E-state index in [0.717, 1.165) is 12.1 Å². The molecule has 1 aromatic carbocycles. The van der Waals surface area contributed by atoms with E-state index in [1.807, 2.05) is 0 Å². The summed E-state index contributed by atoms with van der Waals surface area (Å²) in [5.41, 5.74) is -0.166. The number of nitrogens with zero attached hydrogens (tertiary/aromatic N) is 1. The molecule has 0 bridgehead atoms. The number of hydrogen-bond donors (Lipinski definition) is 2. The lowest BCUT2D eigenvalue weighted by atomic mass is 10.2. The average Bonchev–Trinajstić information content (AvgIpc) is 2.98. The van der Waals surface area contributed by atoms with E-state index in [2.05, 4.69) is 10.6 Å². The number of carbonyl (C=O) groups excluding carboxylic acids is 1. The molecule has 0 unspecified atom stereocenters. The highest BCUT2D eigenvalue weighted by atomic mass is 19.1. The molecule has 1 heterocycles. The molecule has 1 aromatic heterocycles. The standard InChI is InChI=1S/C13H12FN3O4/c14-9-3-4-10(11(8-9)17(19)20)15-5-6-16-13(18)12-2-1-7-21-12/h1-4,7-8,15H,5-6H2,(H,16,18). The summed E-state index contributed by atoms with van der Waals surface area (Å²) in [6.45, 7) is 0.479. The van der Waals surface area contributed by atoms with Crippen LogP contribution in [0, 0.1) is 15.9 Å². The monoisotopic (exact) mass is 293 g/mol. The van der Waals surface area contributed by atoms with Gasteiger partial charge in [-0.1, -0.05) is 0 Å². The van der Waals surface area contributed by atoms with Crippen molar-refractivity contribution >= 4 is 17.3 Å². The van der Waals surface area contributed by atoms with Crippen molar-refractivity contribution in [1.29, 1.82) is 0 Å². The zero-order valence-corrected chi connectivity index (χ0v) is 10.8. The van der Waals surface area contributed by atoms with Gasteiger partial charge in [0.05, 0.1) is 17.3 Å². The van der Waals surface area contributed by atoms with Gasteiger partial charge in [-0.3, -0.25) is 14.9 Å². The van der Waals surface area contributed by atoms with Gasteiger partial charge in [-0.05, 0) is 24.3 Å². The number of amides is 1. The Bertz CT molecular complexity index is 643. The third-order valence-electron chi connectivity index (χ3n) is 2.63. The molecule has 1 amide bonds. The van der Waals surface area contributed by atoms with Crippen LogP contribution < -0.4 is 10.6 Å². The summed E-state index contributed by atoms with van der Waals surface area (Å²) in [7, 11) is 0. The SMILES string of the molecule is O=C(NCCNc1ccc(F)cc1[N+](=O)[O-])c1ccco1. The maximum atomic E-state index is 13.0. The van der Waals surface area contributed by atoms with Crippen molar-refractivity contribution in [1.82, 2.24) is 5.32 Å². The van der Waals surface area contributed by atoms with Crippen LogP contribution in [0.5, 0.6) is 0 Å². The van der Waals surface area contributed by atoms with Crippen molar-refractivity contribution in [3.8, 4) is 0 Å². The Morgan fingerprint density at radius 1 is 1.33 bits per heavy atom.